The van der Waals surface area contributed by atoms with Gasteiger partial charge in [0, 0.05) is 42.0 Å². The smallest absolute Gasteiger partial charge is 0.143 e. The van der Waals surface area contributed by atoms with Crippen molar-refractivity contribution in [1.82, 2.24) is 24.8 Å². The third kappa shape index (κ3) is 5.05. The molecule has 30 heavy (non-hydrogen) atoms. The standard InChI is InChI=1S/C24H29N5O/c1-17(2)16-29-10-3-4-18(7-11-29)23(30)13-24-27-14-20-6-5-19(12-21(20)28-24)22-15-25-8-9-26-22/h5-6,8-9,12,14-15,17-18H,3-4,7,10-11,13,16H2,1-2H3. The summed E-state index contributed by atoms with van der Waals surface area (Å²) in [5, 5.41) is 0.956. The molecule has 0 spiro atoms. The number of carbonyl (C=O) groups is 1. The maximum Gasteiger partial charge on any atom is 0.143 e. The van der Waals surface area contributed by atoms with Crippen LogP contribution < -0.4 is 0 Å². The maximum absolute atomic E-state index is 13.0. The zero-order valence-electron chi connectivity index (χ0n) is 17.8. The summed E-state index contributed by atoms with van der Waals surface area (Å²) >= 11 is 0. The quantitative estimate of drug-likeness (QED) is 0.620. The fraction of sp³-hybridized carbons (Fsp3) is 0.458. The van der Waals surface area contributed by atoms with Crippen LogP contribution in [0.5, 0.6) is 0 Å². The Morgan fingerprint density at radius 1 is 1.13 bits per heavy atom. The number of hydrogen-bond acceptors (Lipinski definition) is 6. The zero-order chi connectivity index (χ0) is 20.9. The van der Waals surface area contributed by atoms with Gasteiger partial charge in [-0.15, -0.1) is 0 Å². The molecule has 1 unspecified atom stereocenters. The Morgan fingerprint density at radius 3 is 2.83 bits per heavy atom. The topological polar surface area (TPSA) is 71.9 Å². The van der Waals surface area contributed by atoms with Crippen molar-refractivity contribution in [2.75, 3.05) is 19.6 Å². The van der Waals surface area contributed by atoms with E-state index in [2.05, 4.69) is 38.7 Å². The summed E-state index contributed by atoms with van der Waals surface area (Å²) in [4.78, 5) is 33.1. The average Bonchev–Trinajstić information content (AvgIpc) is 2.99. The number of aromatic nitrogens is 4. The number of rotatable bonds is 6. The number of carbonyl (C=O) groups excluding carboxylic acids is 1. The van der Waals surface area contributed by atoms with Gasteiger partial charge in [0.15, 0.2) is 0 Å². The highest BCUT2D eigenvalue weighted by atomic mass is 16.1. The van der Waals surface area contributed by atoms with Crippen molar-refractivity contribution in [2.24, 2.45) is 11.8 Å². The van der Waals surface area contributed by atoms with Crippen molar-refractivity contribution in [3.8, 4) is 11.3 Å². The van der Waals surface area contributed by atoms with Crippen LogP contribution in [0.4, 0.5) is 0 Å². The van der Waals surface area contributed by atoms with Crippen LogP contribution in [0.2, 0.25) is 0 Å². The second-order valence-corrected chi connectivity index (χ2v) is 8.62. The predicted molar refractivity (Wildman–Crippen MR) is 118 cm³/mol. The first kappa shape index (κ1) is 20.5. The maximum atomic E-state index is 13.0. The predicted octanol–water partition coefficient (Wildman–Crippen LogP) is 3.96. The Bertz CT molecular complexity index is 1000. The molecule has 0 amide bonds. The van der Waals surface area contributed by atoms with E-state index in [9.17, 15) is 4.79 Å². The highest BCUT2D eigenvalue weighted by molar-refractivity contribution is 5.85. The van der Waals surface area contributed by atoms with E-state index >= 15 is 0 Å². The molecule has 4 rings (SSSR count). The van der Waals surface area contributed by atoms with E-state index in [1.807, 2.05) is 24.4 Å². The normalized spacial score (nSPS) is 17.9. The molecule has 0 radical (unpaired) electrons. The Balaban J connectivity index is 1.46. The molecule has 3 heterocycles. The molecule has 1 saturated heterocycles. The highest BCUT2D eigenvalue weighted by Crippen LogP contribution is 2.23. The highest BCUT2D eigenvalue weighted by Gasteiger charge is 2.24. The summed E-state index contributed by atoms with van der Waals surface area (Å²) in [6.07, 6.45) is 10.2. The van der Waals surface area contributed by atoms with E-state index in [4.69, 9.17) is 0 Å². The first-order valence-electron chi connectivity index (χ1n) is 10.9. The van der Waals surface area contributed by atoms with Crippen LogP contribution in [-0.4, -0.2) is 50.3 Å². The van der Waals surface area contributed by atoms with Gasteiger partial charge in [-0.25, -0.2) is 9.97 Å². The van der Waals surface area contributed by atoms with Gasteiger partial charge in [-0.1, -0.05) is 26.0 Å². The lowest BCUT2D eigenvalue weighted by Crippen LogP contribution is -2.29. The third-order valence-corrected chi connectivity index (χ3v) is 5.72. The summed E-state index contributed by atoms with van der Waals surface area (Å²) < 4.78 is 0. The number of benzene rings is 1. The van der Waals surface area contributed by atoms with Gasteiger partial charge in [0.1, 0.15) is 11.6 Å². The number of likely N-dealkylation sites (tertiary alicyclic amines) is 1. The Labute approximate surface area is 177 Å². The Kier molecular flexibility index (Phi) is 6.43. The van der Waals surface area contributed by atoms with Crippen LogP contribution in [0.25, 0.3) is 22.2 Å². The van der Waals surface area contributed by atoms with Gasteiger partial charge in [0.25, 0.3) is 0 Å². The summed E-state index contributed by atoms with van der Waals surface area (Å²) in [6, 6.07) is 5.97. The lowest BCUT2D eigenvalue weighted by molar-refractivity contribution is -0.122. The van der Waals surface area contributed by atoms with Gasteiger partial charge < -0.3 is 4.90 Å². The van der Waals surface area contributed by atoms with E-state index in [0.29, 0.717) is 18.2 Å². The van der Waals surface area contributed by atoms with E-state index < -0.39 is 0 Å². The van der Waals surface area contributed by atoms with Crippen molar-refractivity contribution >= 4 is 16.7 Å². The molecule has 156 valence electrons. The van der Waals surface area contributed by atoms with Crippen LogP contribution in [0.3, 0.4) is 0 Å². The molecule has 0 bridgehead atoms. The fourth-order valence-corrected chi connectivity index (χ4v) is 4.23. The average molecular weight is 404 g/mol. The molecular formula is C24H29N5O. The fourth-order valence-electron chi connectivity index (χ4n) is 4.23. The summed E-state index contributed by atoms with van der Waals surface area (Å²) in [6.45, 7) is 7.72. The van der Waals surface area contributed by atoms with Gasteiger partial charge in [-0.05, 0) is 44.3 Å². The lowest BCUT2D eigenvalue weighted by atomic mass is 9.93. The molecule has 1 atom stereocenters. The van der Waals surface area contributed by atoms with Crippen LogP contribution >= 0.6 is 0 Å². The molecule has 0 N–H and O–H groups in total. The molecule has 2 aromatic heterocycles. The van der Waals surface area contributed by atoms with Crippen LogP contribution in [0.15, 0.2) is 43.0 Å². The van der Waals surface area contributed by atoms with Gasteiger partial charge >= 0.3 is 0 Å². The molecular weight excluding hydrogens is 374 g/mol. The van der Waals surface area contributed by atoms with Crippen LogP contribution in [0.1, 0.15) is 38.9 Å². The summed E-state index contributed by atoms with van der Waals surface area (Å²) in [7, 11) is 0. The number of ketones is 1. The minimum Gasteiger partial charge on any atom is -0.303 e. The Hall–Kier alpha value is -2.73. The largest absolute Gasteiger partial charge is 0.303 e. The molecule has 0 saturated carbocycles. The molecule has 1 aliphatic rings. The van der Waals surface area contributed by atoms with Crippen molar-refractivity contribution in [2.45, 2.75) is 39.5 Å². The summed E-state index contributed by atoms with van der Waals surface area (Å²) in [5.41, 5.74) is 2.60. The zero-order valence-corrected chi connectivity index (χ0v) is 17.8. The number of hydrogen-bond donors (Lipinski definition) is 0. The monoisotopic (exact) mass is 403 g/mol. The molecule has 1 aliphatic heterocycles. The number of nitrogens with zero attached hydrogens (tertiary/aromatic N) is 5. The van der Waals surface area contributed by atoms with Crippen LogP contribution in [-0.2, 0) is 11.2 Å². The Morgan fingerprint density at radius 2 is 2.03 bits per heavy atom. The second-order valence-electron chi connectivity index (χ2n) is 8.62. The van der Waals surface area contributed by atoms with E-state index in [1.54, 1.807) is 18.6 Å². The number of fused-ring (bicyclic) bond motifs is 1. The van der Waals surface area contributed by atoms with Crippen LogP contribution in [0, 0.1) is 11.8 Å². The lowest BCUT2D eigenvalue weighted by Gasteiger charge is -2.21. The van der Waals surface area contributed by atoms with Gasteiger partial charge in [-0.2, -0.15) is 0 Å². The minimum absolute atomic E-state index is 0.118. The summed E-state index contributed by atoms with van der Waals surface area (Å²) in [5.74, 6) is 1.65. The molecule has 0 aliphatic carbocycles. The molecule has 1 aromatic carbocycles. The molecule has 1 fully saturated rings. The van der Waals surface area contributed by atoms with Crippen molar-refractivity contribution < 1.29 is 4.79 Å². The van der Waals surface area contributed by atoms with E-state index in [-0.39, 0.29) is 11.7 Å². The first-order valence-corrected chi connectivity index (χ1v) is 10.9. The van der Waals surface area contributed by atoms with Crippen molar-refractivity contribution in [1.29, 1.82) is 0 Å². The van der Waals surface area contributed by atoms with Gasteiger partial charge in [0.2, 0.25) is 0 Å². The van der Waals surface area contributed by atoms with Gasteiger partial charge in [0.05, 0.1) is 23.8 Å². The van der Waals surface area contributed by atoms with Crippen molar-refractivity contribution in [3.05, 3.63) is 48.8 Å². The second kappa shape index (κ2) is 9.39. The van der Waals surface area contributed by atoms with E-state index in [0.717, 1.165) is 61.1 Å². The SMILES string of the molecule is CC(C)CN1CCCC(C(=O)Cc2ncc3ccc(-c4cnccn4)cc3n2)CC1. The molecule has 3 aromatic rings. The first-order chi connectivity index (χ1) is 14.6. The van der Waals surface area contributed by atoms with Gasteiger partial charge in [-0.3, -0.25) is 14.8 Å². The minimum atomic E-state index is 0.118. The van der Waals surface area contributed by atoms with E-state index in [1.165, 1.54) is 0 Å². The third-order valence-electron chi connectivity index (χ3n) is 5.72. The number of Topliss-reactive ketones (excluding diaryl/α,β-unsaturated/α-hetero) is 1. The molecule has 6 heteroatoms. The van der Waals surface area contributed by atoms with Crippen molar-refractivity contribution in [3.63, 3.8) is 0 Å². The molecule has 6 nitrogen and oxygen atoms in total.